The number of hydrogen-bond donors (Lipinski definition) is 1. The summed E-state index contributed by atoms with van der Waals surface area (Å²) in [7, 11) is 3.29. The summed E-state index contributed by atoms with van der Waals surface area (Å²) < 4.78 is 40.0. The second-order valence-corrected chi connectivity index (χ2v) is 6.30. The molecule has 0 aliphatic heterocycles. The van der Waals surface area contributed by atoms with Gasteiger partial charge in [0.25, 0.3) is 0 Å². The molecule has 0 bridgehead atoms. The molecule has 0 unspecified atom stereocenters. The number of nitrogens with zero attached hydrogens (tertiary/aromatic N) is 4. The van der Waals surface area contributed by atoms with Crippen LogP contribution in [0.15, 0.2) is 42.6 Å². The van der Waals surface area contributed by atoms with Gasteiger partial charge in [-0.25, -0.2) is 15.0 Å². The minimum Gasteiger partial charge on any atom is -0.354 e. The van der Waals surface area contributed by atoms with Crippen molar-refractivity contribution < 1.29 is 13.2 Å². The van der Waals surface area contributed by atoms with Gasteiger partial charge < -0.3 is 10.2 Å². The van der Waals surface area contributed by atoms with Crippen LogP contribution in [0.4, 0.5) is 29.9 Å². The summed E-state index contributed by atoms with van der Waals surface area (Å²) in [4.78, 5) is 13.5. The third-order valence-corrected chi connectivity index (χ3v) is 4.43. The summed E-state index contributed by atoms with van der Waals surface area (Å²) in [5.41, 5.74) is -0.0223. The highest BCUT2D eigenvalue weighted by Crippen LogP contribution is 2.42. The zero-order valence-electron chi connectivity index (χ0n) is 13.4. The van der Waals surface area contributed by atoms with Crippen molar-refractivity contribution in [1.82, 2.24) is 15.0 Å². The van der Waals surface area contributed by atoms with Gasteiger partial charge in [-0.2, -0.15) is 13.2 Å². The molecule has 0 fully saturated rings. The van der Waals surface area contributed by atoms with E-state index in [1.165, 1.54) is 17.2 Å². The lowest BCUT2D eigenvalue weighted by Gasteiger charge is -2.08. The lowest BCUT2D eigenvalue weighted by Crippen LogP contribution is -2.11. The molecule has 3 aromatic rings. The van der Waals surface area contributed by atoms with Crippen LogP contribution in [0.25, 0.3) is 10.6 Å². The van der Waals surface area contributed by atoms with Gasteiger partial charge in [0.15, 0.2) is 10.8 Å². The third-order valence-electron chi connectivity index (χ3n) is 3.19. The van der Waals surface area contributed by atoms with Crippen LogP contribution in [0.3, 0.4) is 0 Å². The average Bonchev–Trinajstić information content (AvgIpc) is 3.02. The number of anilines is 3. The Morgan fingerprint density at radius 3 is 2.40 bits per heavy atom. The fraction of sp³-hybridized carbons (Fsp3) is 0.188. The van der Waals surface area contributed by atoms with Crippen LogP contribution in [-0.2, 0) is 6.18 Å². The molecule has 2 aromatic heterocycles. The highest BCUT2D eigenvalue weighted by molar-refractivity contribution is 7.19. The molecular formula is C16H14F3N5S. The molecule has 25 heavy (non-hydrogen) atoms. The number of nitrogens with one attached hydrogen (secondary N) is 1. The zero-order valence-corrected chi connectivity index (χ0v) is 14.2. The highest BCUT2D eigenvalue weighted by Gasteiger charge is 2.38. The van der Waals surface area contributed by atoms with Gasteiger partial charge in [0.1, 0.15) is 0 Å². The van der Waals surface area contributed by atoms with Crippen molar-refractivity contribution in [2.24, 2.45) is 0 Å². The van der Waals surface area contributed by atoms with Crippen LogP contribution in [-0.4, -0.2) is 29.0 Å². The van der Waals surface area contributed by atoms with Gasteiger partial charge in [-0.1, -0.05) is 29.5 Å². The minimum absolute atomic E-state index is 0.0327. The van der Waals surface area contributed by atoms with Gasteiger partial charge in [-0.05, 0) is 18.2 Å². The van der Waals surface area contributed by atoms with Crippen molar-refractivity contribution in [3.63, 3.8) is 0 Å². The molecule has 0 radical (unpaired) electrons. The van der Waals surface area contributed by atoms with Crippen LogP contribution in [0.2, 0.25) is 0 Å². The summed E-state index contributed by atoms with van der Waals surface area (Å²) in [6.07, 6.45) is -3.14. The van der Waals surface area contributed by atoms with E-state index >= 15 is 0 Å². The Balaban J connectivity index is 2.01. The van der Waals surface area contributed by atoms with E-state index < -0.39 is 11.9 Å². The van der Waals surface area contributed by atoms with Crippen LogP contribution < -0.4 is 10.2 Å². The van der Waals surface area contributed by atoms with Crippen LogP contribution in [0.1, 0.15) is 5.69 Å². The Kier molecular flexibility index (Phi) is 4.58. The first-order chi connectivity index (χ1) is 11.8. The van der Waals surface area contributed by atoms with E-state index in [4.69, 9.17) is 0 Å². The second-order valence-electron chi connectivity index (χ2n) is 5.32. The molecular weight excluding hydrogens is 351 g/mol. The Bertz CT molecular complexity index is 862. The molecule has 0 spiro atoms. The summed E-state index contributed by atoms with van der Waals surface area (Å²) in [5, 5.41) is 3.23. The molecule has 1 N–H and O–H groups in total. The minimum atomic E-state index is -4.56. The first-order valence-electron chi connectivity index (χ1n) is 7.25. The summed E-state index contributed by atoms with van der Waals surface area (Å²) in [6, 6.07) is 10.6. The predicted octanol–water partition coefficient (Wildman–Crippen LogP) is 4.43. The van der Waals surface area contributed by atoms with E-state index in [2.05, 4.69) is 20.3 Å². The molecule has 0 saturated heterocycles. The Morgan fingerprint density at radius 1 is 1.04 bits per heavy atom. The molecule has 1 aromatic carbocycles. The number of benzene rings is 1. The van der Waals surface area contributed by atoms with Crippen LogP contribution >= 0.6 is 11.3 Å². The van der Waals surface area contributed by atoms with E-state index in [0.29, 0.717) is 0 Å². The van der Waals surface area contributed by atoms with E-state index in [1.54, 1.807) is 14.1 Å². The molecule has 9 heteroatoms. The quantitative estimate of drug-likeness (QED) is 0.741. The van der Waals surface area contributed by atoms with Crippen molar-refractivity contribution in [3.8, 4) is 10.6 Å². The first-order valence-corrected chi connectivity index (χ1v) is 8.07. The number of alkyl halides is 3. The number of thiazole rings is 1. The fourth-order valence-corrected chi connectivity index (χ4v) is 3.04. The van der Waals surface area contributed by atoms with Crippen molar-refractivity contribution in [3.05, 3.63) is 48.3 Å². The van der Waals surface area contributed by atoms with Crippen molar-refractivity contribution in [2.45, 2.75) is 6.18 Å². The van der Waals surface area contributed by atoms with Gasteiger partial charge in [-0.15, -0.1) is 0 Å². The van der Waals surface area contributed by atoms with Crippen LogP contribution in [0, 0.1) is 0 Å². The zero-order chi connectivity index (χ0) is 18.0. The smallest absolute Gasteiger partial charge is 0.354 e. The molecule has 0 atom stereocenters. The largest absolute Gasteiger partial charge is 0.434 e. The first kappa shape index (κ1) is 17.2. The summed E-state index contributed by atoms with van der Waals surface area (Å²) in [5.74, 6) is 0.219. The SMILES string of the molecule is CN(C)c1nc(C(F)(F)F)c(-c2ccnc(Nc3ccccc3)n2)s1. The third kappa shape index (κ3) is 3.87. The number of aromatic nitrogens is 3. The molecule has 0 aliphatic rings. The molecule has 130 valence electrons. The van der Waals surface area contributed by atoms with E-state index in [-0.39, 0.29) is 21.7 Å². The fourth-order valence-electron chi connectivity index (χ4n) is 2.06. The predicted molar refractivity (Wildman–Crippen MR) is 92.2 cm³/mol. The monoisotopic (exact) mass is 365 g/mol. The molecule has 3 rings (SSSR count). The molecule has 0 aliphatic carbocycles. The Labute approximate surface area is 146 Å². The summed E-state index contributed by atoms with van der Waals surface area (Å²) >= 11 is 0.939. The number of hydrogen-bond acceptors (Lipinski definition) is 6. The summed E-state index contributed by atoms with van der Waals surface area (Å²) in [6.45, 7) is 0. The van der Waals surface area contributed by atoms with E-state index in [0.717, 1.165) is 17.0 Å². The van der Waals surface area contributed by atoms with Crippen LogP contribution in [0.5, 0.6) is 0 Å². The van der Waals surface area contributed by atoms with Gasteiger partial charge in [0.05, 0.1) is 10.6 Å². The van der Waals surface area contributed by atoms with E-state index in [1.807, 2.05) is 30.3 Å². The van der Waals surface area contributed by atoms with E-state index in [9.17, 15) is 13.2 Å². The standard InChI is InChI=1S/C16H14F3N5S/c1-24(2)15-23-13(16(17,18)19)12(25-15)11-8-9-20-14(22-11)21-10-6-4-3-5-7-10/h3-9H,1-2H3,(H,20,21,22). The van der Waals surface area contributed by atoms with Crippen molar-refractivity contribution in [1.29, 1.82) is 0 Å². The molecule has 5 nitrogen and oxygen atoms in total. The Hall–Kier alpha value is -2.68. The average molecular weight is 365 g/mol. The van der Waals surface area contributed by atoms with Crippen molar-refractivity contribution in [2.75, 3.05) is 24.3 Å². The lowest BCUT2D eigenvalue weighted by atomic mass is 10.2. The maximum Gasteiger partial charge on any atom is 0.434 e. The molecule has 2 heterocycles. The second kappa shape index (κ2) is 6.67. The van der Waals surface area contributed by atoms with Gasteiger partial charge in [0, 0.05) is 26.0 Å². The normalized spacial score (nSPS) is 11.4. The molecule has 0 saturated carbocycles. The number of rotatable bonds is 4. The van der Waals surface area contributed by atoms with Gasteiger partial charge in [0.2, 0.25) is 5.95 Å². The lowest BCUT2D eigenvalue weighted by molar-refractivity contribution is -0.140. The molecule has 0 amide bonds. The number of para-hydroxylation sites is 1. The van der Waals surface area contributed by atoms with Gasteiger partial charge >= 0.3 is 6.18 Å². The number of halogens is 3. The topological polar surface area (TPSA) is 53.9 Å². The maximum atomic E-state index is 13.3. The Morgan fingerprint density at radius 2 is 1.76 bits per heavy atom. The maximum absolute atomic E-state index is 13.3. The van der Waals surface area contributed by atoms with Gasteiger partial charge in [-0.3, -0.25) is 0 Å². The van der Waals surface area contributed by atoms with Crippen molar-refractivity contribution >= 4 is 28.1 Å². The highest BCUT2D eigenvalue weighted by atomic mass is 32.1.